The predicted molar refractivity (Wildman–Crippen MR) is 158 cm³/mol. The number of nitrogens with zero attached hydrogens (tertiary/aromatic N) is 2. The zero-order chi connectivity index (χ0) is 28.8. The van der Waals surface area contributed by atoms with Crippen LogP contribution in [-0.4, -0.2) is 33.0 Å². The summed E-state index contributed by atoms with van der Waals surface area (Å²) in [5.74, 6) is 1.16. The maximum absolute atomic E-state index is 14.0. The Bertz CT molecular complexity index is 1420. The molecule has 210 valence electrons. The lowest BCUT2D eigenvalue weighted by Gasteiger charge is -2.21. The minimum atomic E-state index is -4.74. The first-order valence-corrected chi connectivity index (χ1v) is 14.7. The van der Waals surface area contributed by atoms with Crippen molar-refractivity contribution in [3.05, 3.63) is 70.8 Å². The van der Waals surface area contributed by atoms with E-state index < -0.39 is 13.0 Å². The fraction of sp³-hybridized carbons (Fsp3) is 0.400. The van der Waals surface area contributed by atoms with Crippen molar-refractivity contribution in [1.29, 1.82) is 0 Å². The van der Waals surface area contributed by atoms with Crippen LogP contribution in [0, 0.1) is 20.8 Å². The molecule has 3 aromatic rings. The maximum Gasteiger partial charge on any atom is 0.362 e. The third-order valence-electron chi connectivity index (χ3n) is 6.96. The number of pyridine rings is 1. The predicted octanol–water partition coefficient (Wildman–Crippen LogP) is 7.44. The molecule has 0 aliphatic rings. The zero-order valence-corrected chi connectivity index (χ0v) is 24.1. The molecule has 2 aromatic carbocycles. The highest BCUT2D eigenvalue weighted by atomic mass is 31.2. The quantitative estimate of drug-likeness (QED) is 0.115. The van der Waals surface area contributed by atoms with Gasteiger partial charge in [-0.15, -0.1) is 0 Å². The number of ether oxygens (including phenoxy) is 1. The third kappa shape index (κ3) is 8.21. The highest BCUT2D eigenvalue weighted by Gasteiger charge is 2.42. The van der Waals surface area contributed by atoms with Crippen molar-refractivity contribution in [2.75, 3.05) is 12.3 Å². The van der Waals surface area contributed by atoms with E-state index in [9.17, 15) is 8.96 Å². The Morgan fingerprint density at radius 1 is 1.18 bits per heavy atom. The van der Waals surface area contributed by atoms with E-state index in [1.807, 2.05) is 51.1 Å². The Kier molecular flexibility index (Phi) is 10.1. The second-order valence-corrected chi connectivity index (χ2v) is 12.4. The van der Waals surface area contributed by atoms with Gasteiger partial charge in [-0.25, -0.2) is 9.37 Å². The number of aromatic nitrogens is 1. The largest absolute Gasteiger partial charge is 0.494 e. The molecule has 1 unspecified atom stereocenters. The van der Waals surface area contributed by atoms with Gasteiger partial charge in [-0.2, -0.15) is 0 Å². The number of hydrogen-bond donors (Lipinski definition) is 3. The maximum atomic E-state index is 14.0. The second kappa shape index (κ2) is 12.9. The molecule has 0 saturated heterocycles. The van der Waals surface area contributed by atoms with Crippen molar-refractivity contribution < 1.29 is 23.5 Å². The molecule has 0 bridgehead atoms. The van der Waals surface area contributed by atoms with Crippen molar-refractivity contribution in [2.45, 2.75) is 71.6 Å². The molecule has 0 amide bonds. The van der Waals surface area contributed by atoms with E-state index in [-0.39, 0.29) is 6.42 Å². The van der Waals surface area contributed by atoms with E-state index in [4.69, 9.17) is 20.3 Å². The molecule has 0 radical (unpaired) electrons. The zero-order valence-electron chi connectivity index (χ0n) is 23.2. The number of nitrogens with two attached hydrogens (primary N) is 1. The molecule has 0 spiro atoms. The third-order valence-corrected chi connectivity index (χ3v) is 8.39. The Hall–Kier alpha value is -3.06. The van der Waals surface area contributed by atoms with Crippen LogP contribution in [-0.2, 0) is 11.0 Å². The van der Waals surface area contributed by atoms with Gasteiger partial charge < -0.3 is 20.3 Å². The van der Waals surface area contributed by atoms with Crippen molar-refractivity contribution in [3.63, 3.8) is 0 Å². The van der Waals surface area contributed by atoms with Crippen molar-refractivity contribution in [2.24, 2.45) is 4.99 Å². The number of aliphatic imine (C=N–C) groups is 1. The highest BCUT2D eigenvalue weighted by Crippen LogP contribution is 2.53. The summed E-state index contributed by atoms with van der Waals surface area (Å²) in [4.78, 5) is 27.2. The monoisotopic (exact) mass is 555 g/mol. The summed E-state index contributed by atoms with van der Waals surface area (Å²) >= 11 is 0. The summed E-state index contributed by atoms with van der Waals surface area (Å²) in [5.41, 5.74) is 13.1. The number of rotatable bonds is 13. The molecular formula is C30H39FN3O4P. The highest BCUT2D eigenvalue weighted by molar-refractivity contribution is 7.53. The van der Waals surface area contributed by atoms with Gasteiger partial charge in [0, 0.05) is 11.6 Å². The number of nitrogen functional groups attached to an aromatic ring is 1. The van der Waals surface area contributed by atoms with Gasteiger partial charge in [-0.1, -0.05) is 24.8 Å². The molecule has 0 fully saturated rings. The summed E-state index contributed by atoms with van der Waals surface area (Å²) in [6.07, 6.45) is 4.82. The summed E-state index contributed by atoms with van der Waals surface area (Å²) in [6, 6.07) is 12.1. The summed E-state index contributed by atoms with van der Waals surface area (Å²) in [7, 11) is -4.74. The van der Waals surface area contributed by atoms with Crippen LogP contribution in [0.5, 0.6) is 5.75 Å². The van der Waals surface area contributed by atoms with Crippen LogP contribution < -0.4 is 10.5 Å². The molecule has 1 heterocycles. The number of benzene rings is 2. The van der Waals surface area contributed by atoms with Crippen LogP contribution in [0.15, 0.2) is 53.5 Å². The minimum Gasteiger partial charge on any atom is -0.494 e. The molecule has 1 aromatic heterocycles. The van der Waals surface area contributed by atoms with Gasteiger partial charge in [0.2, 0.25) is 5.41 Å². The Balaban J connectivity index is 1.48. The van der Waals surface area contributed by atoms with Crippen molar-refractivity contribution >= 4 is 36.2 Å². The lowest BCUT2D eigenvalue weighted by Crippen LogP contribution is -2.17. The van der Waals surface area contributed by atoms with Crippen LogP contribution in [0.3, 0.4) is 0 Å². The summed E-state index contributed by atoms with van der Waals surface area (Å²) < 4.78 is 30.9. The number of halogens is 1. The van der Waals surface area contributed by atoms with Gasteiger partial charge in [0.05, 0.1) is 12.1 Å². The number of anilines is 1. The van der Waals surface area contributed by atoms with E-state index >= 15 is 0 Å². The first-order valence-electron chi connectivity index (χ1n) is 13.1. The van der Waals surface area contributed by atoms with Gasteiger partial charge in [-0.05, 0) is 112 Å². The topological polar surface area (TPSA) is 118 Å². The van der Waals surface area contributed by atoms with E-state index in [1.165, 1.54) is 5.56 Å². The first kappa shape index (κ1) is 30.5. The number of fused-ring (bicyclic) bond motifs is 1. The first-order chi connectivity index (χ1) is 18.3. The molecule has 0 aliphatic heterocycles. The SMILES string of the molecule is C=C(C=Nc1c(N)nc2cc(C)ccc2c1C)CCc1ccc(OCCCCCC(C)(F)P(=O)(O)O)cc1C. The lowest BCUT2D eigenvalue weighted by atomic mass is 10.0. The number of unbranched alkanes of at least 4 members (excludes halogenated alkanes) is 2. The summed E-state index contributed by atoms with van der Waals surface area (Å²) in [6.45, 7) is 11.6. The second-order valence-electron chi connectivity index (χ2n) is 10.3. The number of alkyl halides is 1. The fourth-order valence-corrected chi connectivity index (χ4v) is 4.78. The molecule has 9 heteroatoms. The average Bonchev–Trinajstić information content (AvgIpc) is 2.84. The molecular weight excluding hydrogens is 516 g/mol. The van der Waals surface area contributed by atoms with Crippen molar-refractivity contribution in [3.8, 4) is 5.75 Å². The van der Waals surface area contributed by atoms with Crippen LogP contribution in [0.25, 0.3) is 10.9 Å². The molecule has 1 atom stereocenters. The number of allylic oxidation sites excluding steroid dienone is 1. The van der Waals surface area contributed by atoms with Crippen LogP contribution >= 0.6 is 7.60 Å². The standard InChI is InChI=1S/C30H39FN3O4P/c1-20-10-14-26-23(4)28(29(32)34-27(26)17-20)33-19-21(2)9-11-24-12-13-25(18-22(24)3)38-16-8-6-7-15-30(5,31)39(35,36)37/h10,12-14,17-19H,2,6-9,11,15-16H2,1,3-5H3,(H2,32,34)(H2,35,36,37). The minimum absolute atomic E-state index is 0.174. The summed E-state index contributed by atoms with van der Waals surface area (Å²) in [5, 5.41) is -1.44. The van der Waals surface area contributed by atoms with Gasteiger partial charge in [0.25, 0.3) is 0 Å². The van der Waals surface area contributed by atoms with E-state index in [0.717, 1.165) is 58.7 Å². The van der Waals surface area contributed by atoms with Crippen LogP contribution in [0.4, 0.5) is 15.9 Å². The molecule has 0 saturated carbocycles. The molecule has 7 nitrogen and oxygen atoms in total. The molecule has 39 heavy (non-hydrogen) atoms. The van der Waals surface area contributed by atoms with Gasteiger partial charge >= 0.3 is 7.60 Å². The lowest BCUT2D eigenvalue weighted by molar-refractivity contribution is 0.202. The smallest absolute Gasteiger partial charge is 0.362 e. The Morgan fingerprint density at radius 3 is 2.62 bits per heavy atom. The van der Waals surface area contributed by atoms with Crippen molar-refractivity contribution in [1.82, 2.24) is 4.98 Å². The normalized spacial score (nSPS) is 13.6. The Morgan fingerprint density at radius 2 is 1.92 bits per heavy atom. The van der Waals surface area contributed by atoms with Gasteiger partial charge in [0.1, 0.15) is 17.3 Å². The van der Waals surface area contributed by atoms with Crippen LogP contribution in [0.1, 0.15) is 61.3 Å². The van der Waals surface area contributed by atoms with E-state index in [1.54, 1.807) is 6.21 Å². The van der Waals surface area contributed by atoms with Gasteiger partial charge in [0.15, 0.2) is 0 Å². The molecule has 0 aliphatic carbocycles. The number of hydrogen-bond acceptors (Lipinski definition) is 5. The van der Waals surface area contributed by atoms with Gasteiger partial charge in [-0.3, -0.25) is 9.56 Å². The van der Waals surface area contributed by atoms with Crippen LogP contribution in [0.2, 0.25) is 0 Å². The molecule has 3 rings (SSSR count). The molecule has 4 N–H and O–H groups in total. The average molecular weight is 556 g/mol. The van der Waals surface area contributed by atoms with E-state index in [0.29, 0.717) is 37.4 Å². The fourth-order valence-electron chi connectivity index (χ4n) is 4.33. The number of aryl methyl sites for hydroxylation is 4. The Labute approximate surface area is 230 Å². The van der Waals surface area contributed by atoms with E-state index in [2.05, 4.69) is 22.6 Å².